The van der Waals surface area contributed by atoms with Crippen molar-refractivity contribution in [3.05, 3.63) is 0 Å². The van der Waals surface area contributed by atoms with Crippen LogP contribution in [0.25, 0.3) is 0 Å². The van der Waals surface area contributed by atoms with Gasteiger partial charge in [0.1, 0.15) is 0 Å². The molecule has 0 amide bonds. The van der Waals surface area contributed by atoms with Gasteiger partial charge in [-0.25, -0.2) is 9.36 Å². The van der Waals surface area contributed by atoms with Crippen LogP contribution in [0.15, 0.2) is 0 Å². The number of phosphoric acid groups is 1. The van der Waals surface area contributed by atoms with Gasteiger partial charge in [-0.1, -0.05) is 26.7 Å². The maximum Gasteiger partial charge on any atom is 0.531 e. The van der Waals surface area contributed by atoms with Gasteiger partial charge in [0.2, 0.25) is 0 Å². The molecule has 15 heavy (non-hydrogen) atoms. The number of hydrogen-bond donors (Lipinski definition) is 1. The van der Waals surface area contributed by atoms with Gasteiger partial charge >= 0.3 is 14.0 Å². The average Bonchev–Trinajstić information content (AvgIpc) is 2.19. The first-order valence-electron chi connectivity index (χ1n) is 4.70. The van der Waals surface area contributed by atoms with Crippen molar-refractivity contribution >= 4 is 14.0 Å². The van der Waals surface area contributed by atoms with Gasteiger partial charge in [-0.05, 0) is 5.92 Å². The lowest BCUT2D eigenvalue weighted by Gasteiger charge is -2.13. The van der Waals surface area contributed by atoms with Crippen LogP contribution in [0.1, 0.15) is 26.7 Å². The second-order valence-electron chi connectivity index (χ2n) is 2.99. The second-order valence-corrected chi connectivity index (χ2v) is 4.47. The molecule has 0 aromatic rings. The van der Waals surface area contributed by atoms with Gasteiger partial charge in [0, 0.05) is 7.11 Å². The molecule has 1 unspecified atom stereocenters. The Morgan fingerprint density at radius 2 is 1.93 bits per heavy atom. The van der Waals surface area contributed by atoms with Gasteiger partial charge < -0.3 is 9.26 Å². The first-order chi connectivity index (χ1) is 6.95. The predicted molar refractivity (Wildman–Crippen MR) is 53.3 cm³/mol. The summed E-state index contributed by atoms with van der Waals surface area (Å²) in [6.45, 7) is 4.11. The molecule has 0 spiro atoms. The highest BCUT2D eigenvalue weighted by molar-refractivity contribution is 7.47. The lowest BCUT2D eigenvalue weighted by atomic mass is 10.1. The summed E-state index contributed by atoms with van der Waals surface area (Å²) < 4.78 is 23.5. The Kier molecular flexibility index (Phi) is 6.56. The minimum Gasteiger partial charge on any atom is -0.434 e. The van der Waals surface area contributed by atoms with E-state index in [1.165, 1.54) is 0 Å². The van der Waals surface area contributed by atoms with E-state index >= 15 is 0 Å². The highest BCUT2D eigenvalue weighted by Gasteiger charge is 2.25. The Hall–Kier alpha value is -0.580. The average molecular weight is 240 g/mol. The summed E-state index contributed by atoms with van der Waals surface area (Å²) in [5.41, 5.74) is 0. The highest BCUT2D eigenvalue weighted by Crippen LogP contribution is 2.42. The molecule has 0 aromatic heterocycles. The fourth-order valence-corrected chi connectivity index (χ4v) is 1.18. The fraction of sp³-hybridized carbons (Fsp3) is 0.875. The number of rotatable bonds is 6. The molecule has 0 aromatic carbocycles. The molecule has 6 nitrogen and oxygen atoms in total. The third-order valence-electron chi connectivity index (χ3n) is 2.01. The summed E-state index contributed by atoms with van der Waals surface area (Å²) in [4.78, 5) is 19.7. The van der Waals surface area contributed by atoms with E-state index in [2.05, 4.69) is 13.8 Å². The highest BCUT2D eigenvalue weighted by atomic mass is 31.2. The molecular weight excluding hydrogens is 223 g/mol. The van der Waals surface area contributed by atoms with Crippen LogP contribution in [0.5, 0.6) is 0 Å². The molecule has 1 atom stereocenters. The molecule has 7 heteroatoms. The smallest absolute Gasteiger partial charge is 0.434 e. The zero-order valence-electron chi connectivity index (χ0n) is 9.13. The van der Waals surface area contributed by atoms with Gasteiger partial charge in [-0.2, -0.15) is 0 Å². The van der Waals surface area contributed by atoms with Gasteiger partial charge in [0.15, 0.2) is 0 Å². The maximum absolute atomic E-state index is 10.9. The molecule has 0 bridgehead atoms. The molecule has 90 valence electrons. The predicted octanol–water partition coefficient (Wildman–Crippen LogP) is 2.32. The zero-order chi connectivity index (χ0) is 11.9. The van der Waals surface area contributed by atoms with Gasteiger partial charge in [-0.3, -0.25) is 9.42 Å². The number of ether oxygens (including phenoxy) is 1. The summed E-state index contributed by atoms with van der Waals surface area (Å²) in [6.07, 6.45) is 0.546. The van der Waals surface area contributed by atoms with Crippen molar-refractivity contribution in [2.24, 2.45) is 5.92 Å². The number of phosphoric ester groups is 1. The van der Waals surface area contributed by atoms with Crippen molar-refractivity contribution < 1.29 is 28.0 Å². The number of carbonyl (C=O) groups is 1. The van der Waals surface area contributed by atoms with Crippen molar-refractivity contribution in [1.82, 2.24) is 0 Å². The molecule has 0 rings (SSSR count). The van der Waals surface area contributed by atoms with E-state index in [1.54, 1.807) is 0 Å². The molecule has 0 heterocycles. The summed E-state index contributed by atoms with van der Waals surface area (Å²) >= 11 is 0. The Morgan fingerprint density at radius 1 is 1.40 bits per heavy atom. The molecule has 0 saturated heterocycles. The number of carbonyl (C=O) groups excluding carboxylic acids is 1. The van der Waals surface area contributed by atoms with Gasteiger partial charge in [0.05, 0.1) is 6.61 Å². The fourth-order valence-electron chi connectivity index (χ4n) is 0.868. The third-order valence-corrected chi connectivity index (χ3v) is 2.85. The van der Waals surface area contributed by atoms with Crippen LogP contribution in [0.3, 0.4) is 0 Å². The monoisotopic (exact) mass is 240 g/mol. The lowest BCUT2D eigenvalue weighted by Crippen LogP contribution is -2.13. The largest absolute Gasteiger partial charge is 0.531 e. The minimum atomic E-state index is -4.28. The van der Waals surface area contributed by atoms with E-state index < -0.39 is 14.0 Å². The summed E-state index contributed by atoms with van der Waals surface area (Å²) in [7, 11) is -3.31. The Labute approximate surface area is 89.1 Å². The van der Waals surface area contributed by atoms with E-state index in [0.717, 1.165) is 20.0 Å². The first-order valence-corrected chi connectivity index (χ1v) is 6.19. The van der Waals surface area contributed by atoms with Crippen LogP contribution < -0.4 is 0 Å². The van der Waals surface area contributed by atoms with Crippen LogP contribution in [-0.2, 0) is 18.3 Å². The third kappa shape index (κ3) is 6.49. The lowest BCUT2D eigenvalue weighted by molar-refractivity contribution is 0.0688. The van der Waals surface area contributed by atoms with Crippen LogP contribution in [0.2, 0.25) is 0 Å². The van der Waals surface area contributed by atoms with Crippen LogP contribution in [-0.4, -0.2) is 24.8 Å². The van der Waals surface area contributed by atoms with Crippen molar-refractivity contribution in [1.29, 1.82) is 0 Å². The molecular formula is C8H17O6P. The molecule has 0 saturated carbocycles. The van der Waals surface area contributed by atoms with Crippen LogP contribution >= 0.6 is 7.82 Å². The van der Waals surface area contributed by atoms with Crippen molar-refractivity contribution in [3.63, 3.8) is 0 Å². The standard InChI is InChI=1S/C8H17O6P/c1-4-7(5-2)6-13-8(9)14-15(10,11)12-3/h7H,4-6H2,1-3H3,(H,10,11). The van der Waals surface area contributed by atoms with E-state index in [9.17, 15) is 9.36 Å². The molecule has 0 radical (unpaired) electrons. The SMILES string of the molecule is CCC(CC)COC(=O)OP(=O)(O)OC. The van der Waals surface area contributed by atoms with Crippen molar-refractivity contribution in [2.75, 3.05) is 13.7 Å². The van der Waals surface area contributed by atoms with E-state index in [0.29, 0.717) is 0 Å². The van der Waals surface area contributed by atoms with Crippen LogP contribution in [0.4, 0.5) is 4.79 Å². The summed E-state index contributed by atoms with van der Waals surface area (Å²) in [6, 6.07) is 0. The van der Waals surface area contributed by atoms with Gasteiger partial charge in [-0.15, -0.1) is 0 Å². The van der Waals surface area contributed by atoms with Crippen LogP contribution in [0, 0.1) is 5.92 Å². The second kappa shape index (κ2) is 6.82. The summed E-state index contributed by atoms with van der Waals surface area (Å²) in [5.74, 6) is 0.234. The molecule has 0 aliphatic carbocycles. The Balaban J connectivity index is 3.90. The van der Waals surface area contributed by atoms with Crippen molar-refractivity contribution in [3.8, 4) is 0 Å². The van der Waals surface area contributed by atoms with Gasteiger partial charge in [0.25, 0.3) is 0 Å². The molecule has 1 N–H and O–H groups in total. The van der Waals surface area contributed by atoms with E-state index in [1.807, 2.05) is 13.8 Å². The maximum atomic E-state index is 10.9. The normalized spacial score (nSPS) is 14.7. The first kappa shape index (κ1) is 14.4. The Morgan fingerprint density at radius 3 is 2.33 bits per heavy atom. The number of hydrogen-bond acceptors (Lipinski definition) is 5. The topological polar surface area (TPSA) is 82.1 Å². The molecule has 0 aliphatic heterocycles. The van der Waals surface area contributed by atoms with E-state index in [-0.39, 0.29) is 12.5 Å². The Bertz CT molecular complexity index is 237. The van der Waals surface area contributed by atoms with E-state index in [4.69, 9.17) is 4.89 Å². The molecule has 0 aliphatic rings. The summed E-state index contributed by atoms with van der Waals surface area (Å²) in [5, 5.41) is 0. The minimum absolute atomic E-state index is 0.176. The zero-order valence-corrected chi connectivity index (χ0v) is 10.0. The quantitative estimate of drug-likeness (QED) is 0.566. The van der Waals surface area contributed by atoms with Crippen molar-refractivity contribution in [2.45, 2.75) is 26.7 Å². The molecule has 0 fully saturated rings.